The predicted octanol–water partition coefficient (Wildman–Crippen LogP) is 7.00. The zero-order chi connectivity index (χ0) is 19.8. The van der Waals surface area contributed by atoms with Crippen LogP contribution in [0.4, 0.5) is 0 Å². The molecule has 0 saturated carbocycles. The first-order valence-corrected chi connectivity index (χ1v) is 10.7. The fraction of sp³-hybridized carbons (Fsp3) is 0.174. The number of carbonyl (C=O) groups is 1. The highest BCUT2D eigenvalue weighted by Gasteiger charge is 2.15. The van der Waals surface area contributed by atoms with Crippen LogP contribution < -0.4 is 9.47 Å². The van der Waals surface area contributed by atoms with Gasteiger partial charge in [-0.2, -0.15) is 0 Å². The number of halogens is 1. The van der Waals surface area contributed by atoms with Gasteiger partial charge in [0, 0.05) is 14.3 Å². The zero-order valence-corrected chi connectivity index (χ0v) is 18.0. The van der Waals surface area contributed by atoms with Crippen molar-refractivity contribution in [2.45, 2.75) is 29.6 Å². The van der Waals surface area contributed by atoms with Crippen LogP contribution in [0.15, 0.2) is 87.1 Å². The molecule has 0 atom stereocenters. The topological polar surface area (TPSA) is 35.5 Å². The number of esters is 1. The Morgan fingerprint density at radius 1 is 0.964 bits per heavy atom. The zero-order valence-electron chi connectivity index (χ0n) is 15.6. The molecule has 28 heavy (non-hydrogen) atoms. The number of hydrogen-bond acceptors (Lipinski definition) is 4. The summed E-state index contributed by atoms with van der Waals surface area (Å²) >= 11 is 4.96. The summed E-state index contributed by atoms with van der Waals surface area (Å²) in [5.41, 5.74) is 0.520. The van der Waals surface area contributed by atoms with E-state index in [9.17, 15) is 4.79 Å². The van der Waals surface area contributed by atoms with Gasteiger partial charge in [0.05, 0.1) is 12.2 Å². The summed E-state index contributed by atoms with van der Waals surface area (Å²) in [6.45, 7) is 2.87. The number of hydrogen-bond donors (Lipinski definition) is 0. The van der Waals surface area contributed by atoms with Gasteiger partial charge in [-0.15, -0.1) is 0 Å². The quantitative estimate of drug-likeness (QED) is 0.207. The standard InChI is InChI=1S/C23H21BrO3S/c1-2-3-15-26-18-10-12-20(13-11-18)28-22-14-9-17(24)16-21(22)23(25)27-19-7-5-4-6-8-19/h4-14,16H,2-3,15H2,1H3. The van der Waals surface area contributed by atoms with E-state index >= 15 is 0 Å². The summed E-state index contributed by atoms with van der Waals surface area (Å²) in [6, 6.07) is 22.6. The highest BCUT2D eigenvalue weighted by atomic mass is 79.9. The van der Waals surface area contributed by atoms with Gasteiger partial charge in [0.2, 0.25) is 0 Å². The molecule has 0 heterocycles. The van der Waals surface area contributed by atoms with E-state index < -0.39 is 0 Å². The van der Waals surface area contributed by atoms with Gasteiger partial charge in [0.1, 0.15) is 11.5 Å². The van der Waals surface area contributed by atoms with Crippen molar-refractivity contribution in [3.8, 4) is 11.5 Å². The number of ether oxygens (including phenoxy) is 2. The van der Waals surface area contributed by atoms with Crippen LogP contribution in [0.5, 0.6) is 11.5 Å². The van der Waals surface area contributed by atoms with Crippen LogP contribution in [-0.2, 0) is 0 Å². The van der Waals surface area contributed by atoms with E-state index in [1.807, 2.05) is 54.6 Å². The number of unbranched alkanes of at least 4 members (excludes halogenated alkanes) is 1. The molecule has 3 nitrogen and oxygen atoms in total. The van der Waals surface area contributed by atoms with Gasteiger partial charge in [-0.25, -0.2) is 4.79 Å². The fourth-order valence-corrected chi connectivity index (χ4v) is 3.74. The molecule has 0 aliphatic heterocycles. The van der Waals surface area contributed by atoms with E-state index in [2.05, 4.69) is 22.9 Å². The Balaban J connectivity index is 1.74. The smallest absolute Gasteiger partial charge is 0.344 e. The van der Waals surface area contributed by atoms with Gasteiger partial charge in [-0.3, -0.25) is 0 Å². The Kier molecular flexibility index (Phi) is 7.57. The summed E-state index contributed by atoms with van der Waals surface area (Å²) in [6.07, 6.45) is 2.15. The van der Waals surface area contributed by atoms with Gasteiger partial charge in [0.15, 0.2) is 0 Å². The first-order valence-electron chi connectivity index (χ1n) is 9.13. The summed E-state index contributed by atoms with van der Waals surface area (Å²) in [7, 11) is 0. The molecule has 0 spiro atoms. The first kappa shape index (κ1) is 20.5. The van der Waals surface area contributed by atoms with Crippen molar-refractivity contribution >= 4 is 33.7 Å². The Bertz CT molecular complexity index is 911. The lowest BCUT2D eigenvalue weighted by atomic mass is 10.2. The molecule has 0 aromatic heterocycles. The number of carbonyl (C=O) groups excluding carboxylic acids is 1. The SMILES string of the molecule is CCCCOc1ccc(Sc2ccc(Br)cc2C(=O)Oc2ccccc2)cc1. The molecule has 0 radical (unpaired) electrons. The van der Waals surface area contributed by atoms with Crippen molar-refractivity contribution in [2.24, 2.45) is 0 Å². The molecule has 5 heteroatoms. The minimum Gasteiger partial charge on any atom is -0.494 e. The largest absolute Gasteiger partial charge is 0.494 e. The average molecular weight is 457 g/mol. The lowest BCUT2D eigenvalue weighted by molar-refractivity contribution is 0.0731. The van der Waals surface area contributed by atoms with Gasteiger partial charge < -0.3 is 9.47 Å². The van der Waals surface area contributed by atoms with Crippen molar-refractivity contribution in [1.29, 1.82) is 0 Å². The van der Waals surface area contributed by atoms with Crippen molar-refractivity contribution in [3.63, 3.8) is 0 Å². The summed E-state index contributed by atoms with van der Waals surface area (Å²) in [4.78, 5) is 14.6. The monoisotopic (exact) mass is 456 g/mol. The second kappa shape index (κ2) is 10.3. The lowest BCUT2D eigenvalue weighted by Gasteiger charge is -2.11. The van der Waals surface area contributed by atoms with Crippen molar-refractivity contribution < 1.29 is 14.3 Å². The maximum atomic E-state index is 12.7. The predicted molar refractivity (Wildman–Crippen MR) is 117 cm³/mol. The van der Waals surface area contributed by atoms with Crippen LogP contribution in [0.1, 0.15) is 30.1 Å². The maximum absolute atomic E-state index is 12.7. The summed E-state index contributed by atoms with van der Waals surface area (Å²) in [5, 5.41) is 0. The Hall–Kier alpha value is -2.24. The summed E-state index contributed by atoms with van der Waals surface area (Å²) in [5.74, 6) is 1.00. The van der Waals surface area contributed by atoms with Gasteiger partial charge >= 0.3 is 5.97 Å². The molecule has 0 aliphatic rings. The van der Waals surface area contributed by atoms with E-state index in [0.717, 1.165) is 39.5 Å². The summed E-state index contributed by atoms with van der Waals surface area (Å²) < 4.78 is 12.1. The third kappa shape index (κ3) is 5.88. The molecule has 0 amide bonds. The highest BCUT2D eigenvalue weighted by Crippen LogP contribution is 2.33. The second-order valence-electron chi connectivity index (χ2n) is 6.12. The Morgan fingerprint density at radius 2 is 1.71 bits per heavy atom. The van der Waals surface area contributed by atoms with Gasteiger partial charge in [-0.05, 0) is 61.0 Å². The second-order valence-corrected chi connectivity index (χ2v) is 8.15. The Morgan fingerprint density at radius 3 is 2.43 bits per heavy atom. The molecular weight excluding hydrogens is 436 g/mol. The molecular formula is C23H21BrO3S. The number of rotatable bonds is 8. The fourth-order valence-electron chi connectivity index (χ4n) is 2.47. The van der Waals surface area contributed by atoms with Crippen molar-refractivity contribution in [1.82, 2.24) is 0 Å². The molecule has 0 aliphatic carbocycles. The van der Waals surface area contributed by atoms with Crippen LogP contribution in [-0.4, -0.2) is 12.6 Å². The third-order valence-electron chi connectivity index (χ3n) is 3.93. The molecule has 0 fully saturated rings. The molecule has 0 unspecified atom stereocenters. The third-order valence-corrected chi connectivity index (χ3v) is 5.51. The number of para-hydroxylation sites is 1. The molecule has 0 saturated heterocycles. The van der Waals surface area contributed by atoms with E-state index in [0.29, 0.717) is 11.3 Å². The van der Waals surface area contributed by atoms with Crippen LogP contribution in [0.3, 0.4) is 0 Å². The van der Waals surface area contributed by atoms with Gasteiger partial charge in [0.25, 0.3) is 0 Å². The van der Waals surface area contributed by atoms with Crippen LogP contribution in [0.2, 0.25) is 0 Å². The van der Waals surface area contributed by atoms with Crippen molar-refractivity contribution in [2.75, 3.05) is 6.61 Å². The van der Waals surface area contributed by atoms with Crippen molar-refractivity contribution in [3.05, 3.63) is 82.8 Å². The van der Waals surface area contributed by atoms with E-state index in [1.54, 1.807) is 18.2 Å². The van der Waals surface area contributed by atoms with Crippen LogP contribution in [0, 0.1) is 0 Å². The Labute approximate surface area is 178 Å². The minimum atomic E-state index is -0.380. The van der Waals surface area contributed by atoms with Gasteiger partial charge in [-0.1, -0.05) is 59.2 Å². The molecule has 3 aromatic carbocycles. The van der Waals surface area contributed by atoms with E-state index in [-0.39, 0.29) is 5.97 Å². The molecule has 3 aromatic rings. The number of benzene rings is 3. The molecule has 0 bridgehead atoms. The maximum Gasteiger partial charge on any atom is 0.344 e. The van der Waals surface area contributed by atoms with E-state index in [4.69, 9.17) is 9.47 Å². The minimum absolute atomic E-state index is 0.380. The normalized spacial score (nSPS) is 10.5. The molecule has 3 rings (SSSR count). The molecule has 144 valence electrons. The highest BCUT2D eigenvalue weighted by molar-refractivity contribution is 9.10. The van der Waals surface area contributed by atoms with Crippen LogP contribution >= 0.6 is 27.7 Å². The van der Waals surface area contributed by atoms with E-state index in [1.165, 1.54) is 11.8 Å². The first-order chi connectivity index (χ1) is 13.7. The lowest BCUT2D eigenvalue weighted by Crippen LogP contribution is -2.09. The average Bonchev–Trinajstić information content (AvgIpc) is 2.71. The molecule has 0 N–H and O–H groups in total. The van der Waals surface area contributed by atoms with Crippen LogP contribution in [0.25, 0.3) is 0 Å².